The van der Waals surface area contributed by atoms with Crippen LogP contribution in [-0.4, -0.2) is 13.7 Å². The molecular weight excluding hydrogens is 326 g/mol. The Morgan fingerprint density at radius 3 is 2.52 bits per heavy atom. The maximum Gasteiger partial charge on any atom is 0.137 e. The number of halogens is 1. The maximum atomic E-state index is 6.21. The second-order valence-corrected chi connectivity index (χ2v) is 7.45. The molecule has 0 aliphatic heterocycles. The number of methoxy groups -OCH3 is 1. The molecular formula is C18H26BrNO. The summed E-state index contributed by atoms with van der Waals surface area (Å²) in [5, 5.41) is 0. The van der Waals surface area contributed by atoms with Gasteiger partial charge in [-0.05, 0) is 65.6 Å². The maximum absolute atomic E-state index is 6.21. The van der Waals surface area contributed by atoms with Crippen molar-refractivity contribution in [3.05, 3.63) is 27.2 Å². The Bertz CT molecular complexity index is 520. The molecule has 1 fully saturated rings. The molecule has 2 aliphatic carbocycles. The topological polar surface area (TPSA) is 35.2 Å². The summed E-state index contributed by atoms with van der Waals surface area (Å²) >= 11 is 3.85. The van der Waals surface area contributed by atoms with E-state index in [1.54, 1.807) is 7.11 Å². The molecule has 0 saturated heterocycles. The lowest BCUT2D eigenvalue weighted by Gasteiger charge is -2.31. The van der Waals surface area contributed by atoms with Gasteiger partial charge in [0.2, 0.25) is 0 Å². The summed E-state index contributed by atoms with van der Waals surface area (Å²) in [6.45, 7) is 0.731. The normalized spacial score (nSPS) is 20.9. The Balaban J connectivity index is 2.15. The quantitative estimate of drug-likeness (QED) is 0.813. The molecule has 116 valence electrons. The molecule has 0 bridgehead atoms. The molecule has 1 aromatic carbocycles. The minimum absolute atomic E-state index is 0.134. The SMILES string of the molecule is COc1c(C2(CN)CCCC2)cc2c(c1Br)CCCCC2. The van der Waals surface area contributed by atoms with Crippen molar-refractivity contribution in [3.63, 3.8) is 0 Å². The van der Waals surface area contributed by atoms with Crippen molar-refractivity contribution in [2.24, 2.45) is 5.73 Å². The third kappa shape index (κ3) is 2.63. The van der Waals surface area contributed by atoms with Gasteiger partial charge in [-0.25, -0.2) is 0 Å². The van der Waals surface area contributed by atoms with Gasteiger partial charge in [0.25, 0.3) is 0 Å². The number of rotatable bonds is 3. The van der Waals surface area contributed by atoms with Crippen LogP contribution in [0.5, 0.6) is 5.75 Å². The Labute approximate surface area is 136 Å². The van der Waals surface area contributed by atoms with Gasteiger partial charge in [0.05, 0.1) is 11.6 Å². The van der Waals surface area contributed by atoms with Crippen LogP contribution in [0.25, 0.3) is 0 Å². The van der Waals surface area contributed by atoms with Gasteiger partial charge in [-0.15, -0.1) is 0 Å². The number of ether oxygens (including phenoxy) is 1. The van der Waals surface area contributed by atoms with E-state index in [0.29, 0.717) is 0 Å². The summed E-state index contributed by atoms with van der Waals surface area (Å²) in [6.07, 6.45) is 11.3. The van der Waals surface area contributed by atoms with Crippen LogP contribution in [0.4, 0.5) is 0 Å². The Morgan fingerprint density at radius 1 is 1.14 bits per heavy atom. The van der Waals surface area contributed by atoms with E-state index in [1.165, 1.54) is 79.0 Å². The van der Waals surface area contributed by atoms with E-state index in [-0.39, 0.29) is 5.41 Å². The molecule has 2 aliphatic rings. The Kier molecular flexibility index (Phi) is 4.60. The Morgan fingerprint density at radius 2 is 1.86 bits per heavy atom. The standard InChI is InChI=1S/C18H26BrNO/c1-21-17-15(18(12-20)9-5-6-10-18)11-13-7-3-2-4-8-14(13)16(17)19/h11H,2-10,12,20H2,1H3. The van der Waals surface area contributed by atoms with E-state index in [0.717, 1.165) is 12.3 Å². The molecule has 0 amide bonds. The lowest BCUT2D eigenvalue weighted by molar-refractivity contribution is 0.374. The minimum Gasteiger partial charge on any atom is -0.495 e. The number of aryl methyl sites for hydroxylation is 1. The minimum atomic E-state index is 0.134. The number of hydrogen-bond acceptors (Lipinski definition) is 2. The molecule has 3 rings (SSSR count). The van der Waals surface area contributed by atoms with Crippen molar-refractivity contribution < 1.29 is 4.74 Å². The van der Waals surface area contributed by atoms with Crippen LogP contribution in [0.2, 0.25) is 0 Å². The monoisotopic (exact) mass is 351 g/mol. The van der Waals surface area contributed by atoms with Crippen LogP contribution in [0.1, 0.15) is 61.6 Å². The zero-order chi connectivity index (χ0) is 14.9. The fraction of sp³-hybridized carbons (Fsp3) is 0.667. The summed E-state index contributed by atoms with van der Waals surface area (Å²) in [7, 11) is 1.80. The highest BCUT2D eigenvalue weighted by Crippen LogP contribution is 2.48. The van der Waals surface area contributed by atoms with Crippen LogP contribution in [-0.2, 0) is 18.3 Å². The number of hydrogen-bond donors (Lipinski definition) is 1. The van der Waals surface area contributed by atoms with Crippen molar-refractivity contribution in [3.8, 4) is 5.75 Å². The average molecular weight is 352 g/mol. The van der Waals surface area contributed by atoms with Crippen LogP contribution >= 0.6 is 15.9 Å². The number of fused-ring (bicyclic) bond motifs is 1. The molecule has 2 N–H and O–H groups in total. The van der Waals surface area contributed by atoms with Crippen molar-refractivity contribution >= 4 is 15.9 Å². The summed E-state index contributed by atoms with van der Waals surface area (Å²) in [4.78, 5) is 0. The van der Waals surface area contributed by atoms with Gasteiger partial charge in [0, 0.05) is 17.5 Å². The molecule has 21 heavy (non-hydrogen) atoms. The number of nitrogens with two attached hydrogens (primary N) is 1. The van der Waals surface area contributed by atoms with Gasteiger partial charge in [-0.1, -0.05) is 25.3 Å². The van der Waals surface area contributed by atoms with Gasteiger partial charge in [-0.3, -0.25) is 0 Å². The fourth-order valence-electron chi connectivity index (χ4n) is 4.24. The molecule has 0 spiro atoms. The Hall–Kier alpha value is -0.540. The zero-order valence-electron chi connectivity index (χ0n) is 13.0. The van der Waals surface area contributed by atoms with Crippen LogP contribution in [0, 0.1) is 0 Å². The predicted octanol–water partition coefficient (Wildman–Crippen LogP) is 4.50. The first-order chi connectivity index (χ1) is 10.2. The molecule has 1 saturated carbocycles. The van der Waals surface area contributed by atoms with Gasteiger partial charge in [-0.2, -0.15) is 0 Å². The molecule has 0 aromatic heterocycles. The van der Waals surface area contributed by atoms with Crippen molar-refractivity contribution in [1.29, 1.82) is 0 Å². The summed E-state index contributed by atoms with van der Waals surface area (Å²) < 4.78 is 7.01. The first-order valence-electron chi connectivity index (χ1n) is 8.30. The van der Waals surface area contributed by atoms with E-state index in [9.17, 15) is 0 Å². The molecule has 3 heteroatoms. The van der Waals surface area contributed by atoms with Gasteiger partial charge in [0.1, 0.15) is 5.75 Å². The van der Waals surface area contributed by atoms with Gasteiger partial charge < -0.3 is 10.5 Å². The fourth-order valence-corrected chi connectivity index (χ4v) is 5.07. The zero-order valence-corrected chi connectivity index (χ0v) is 14.6. The van der Waals surface area contributed by atoms with Crippen LogP contribution < -0.4 is 10.5 Å². The van der Waals surface area contributed by atoms with E-state index in [2.05, 4.69) is 22.0 Å². The molecule has 0 unspecified atom stereocenters. The summed E-state index contributed by atoms with van der Waals surface area (Å²) in [5.41, 5.74) is 10.7. The highest BCUT2D eigenvalue weighted by molar-refractivity contribution is 9.10. The van der Waals surface area contributed by atoms with E-state index in [4.69, 9.17) is 10.5 Å². The summed E-state index contributed by atoms with van der Waals surface area (Å²) in [5.74, 6) is 1.04. The summed E-state index contributed by atoms with van der Waals surface area (Å²) in [6, 6.07) is 2.43. The second kappa shape index (κ2) is 6.29. The first-order valence-corrected chi connectivity index (χ1v) is 9.10. The highest BCUT2D eigenvalue weighted by Gasteiger charge is 2.38. The third-order valence-electron chi connectivity index (χ3n) is 5.51. The van der Waals surface area contributed by atoms with E-state index < -0.39 is 0 Å². The largest absolute Gasteiger partial charge is 0.495 e. The molecule has 0 heterocycles. The van der Waals surface area contributed by atoms with Gasteiger partial charge in [0.15, 0.2) is 0 Å². The molecule has 2 nitrogen and oxygen atoms in total. The van der Waals surface area contributed by atoms with Crippen LogP contribution in [0.15, 0.2) is 10.5 Å². The molecule has 0 radical (unpaired) electrons. The predicted molar refractivity (Wildman–Crippen MR) is 91.2 cm³/mol. The molecule has 1 aromatic rings. The smallest absolute Gasteiger partial charge is 0.137 e. The lowest BCUT2D eigenvalue weighted by atomic mass is 9.77. The van der Waals surface area contributed by atoms with Crippen molar-refractivity contribution in [1.82, 2.24) is 0 Å². The van der Waals surface area contributed by atoms with E-state index in [1.807, 2.05) is 0 Å². The third-order valence-corrected chi connectivity index (χ3v) is 6.35. The van der Waals surface area contributed by atoms with Crippen molar-refractivity contribution in [2.75, 3.05) is 13.7 Å². The number of benzene rings is 1. The second-order valence-electron chi connectivity index (χ2n) is 6.66. The lowest BCUT2D eigenvalue weighted by Crippen LogP contribution is -2.32. The molecule has 0 atom stereocenters. The van der Waals surface area contributed by atoms with Gasteiger partial charge >= 0.3 is 0 Å². The van der Waals surface area contributed by atoms with E-state index >= 15 is 0 Å². The van der Waals surface area contributed by atoms with Crippen molar-refractivity contribution in [2.45, 2.75) is 63.2 Å². The average Bonchev–Trinajstić information content (AvgIpc) is 2.86. The first kappa shape index (κ1) is 15.4. The highest BCUT2D eigenvalue weighted by atomic mass is 79.9. The van der Waals surface area contributed by atoms with Crippen LogP contribution in [0.3, 0.4) is 0 Å².